The van der Waals surface area contributed by atoms with Crippen molar-refractivity contribution >= 4 is 6.08 Å². The van der Waals surface area contributed by atoms with Crippen molar-refractivity contribution in [1.82, 2.24) is 0 Å². The van der Waals surface area contributed by atoms with E-state index in [9.17, 15) is 30.7 Å². The maximum atomic E-state index is 15.1. The van der Waals surface area contributed by atoms with Gasteiger partial charge in [-0.15, -0.1) is 0 Å². The highest BCUT2D eigenvalue weighted by Crippen LogP contribution is 2.39. The van der Waals surface area contributed by atoms with Crippen LogP contribution in [0.25, 0.3) is 28.3 Å². The molecule has 0 nitrogen and oxygen atoms in total. The van der Waals surface area contributed by atoms with Gasteiger partial charge in [0.1, 0.15) is 29.1 Å². The number of halogens is 8. The molecule has 4 rings (SSSR count). The molecule has 0 amide bonds. The molecular weight excluding hydrogens is 512 g/mol. The fourth-order valence-corrected chi connectivity index (χ4v) is 5.28. The smallest absolute Gasteiger partial charge is 0.206 e. The van der Waals surface area contributed by atoms with Gasteiger partial charge in [0.25, 0.3) is 0 Å². The largest absolute Gasteiger partial charge is 0.409 e. The second-order valence-corrected chi connectivity index (χ2v) is 9.79. The monoisotopic (exact) mass is 538 g/mol. The predicted octanol–water partition coefficient (Wildman–Crippen LogP) is 10.4. The molecule has 1 fully saturated rings. The van der Waals surface area contributed by atoms with Crippen LogP contribution >= 0.6 is 0 Å². The summed E-state index contributed by atoms with van der Waals surface area (Å²) >= 11 is 0. The number of hydrogen-bond donors (Lipinski definition) is 0. The van der Waals surface area contributed by atoms with Gasteiger partial charge in [-0.2, -0.15) is 13.2 Å². The van der Waals surface area contributed by atoms with E-state index in [1.807, 2.05) is 0 Å². The second kappa shape index (κ2) is 11.3. The van der Waals surface area contributed by atoms with E-state index in [2.05, 4.69) is 6.92 Å². The molecule has 3 aromatic carbocycles. The lowest BCUT2D eigenvalue weighted by molar-refractivity contribution is -0.0790. The minimum absolute atomic E-state index is 0.0252. The molecule has 0 aliphatic heterocycles. The molecule has 0 bridgehead atoms. The molecule has 0 atom stereocenters. The van der Waals surface area contributed by atoms with Gasteiger partial charge in [0.15, 0.2) is 0 Å². The van der Waals surface area contributed by atoms with Gasteiger partial charge in [0, 0.05) is 17.2 Å². The fourth-order valence-electron chi connectivity index (χ4n) is 5.28. The predicted molar refractivity (Wildman–Crippen MR) is 132 cm³/mol. The highest BCUT2D eigenvalue weighted by molar-refractivity contribution is 5.73. The van der Waals surface area contributed by atoms with E-state index in [0.717, 1.165) is 49.8 Å². The molecule has 1 saturated carbocycles. The molecule has 1 aliphatic rings. The number of rotatable bonds is 6. The van der Waals surface area contributed by atoms with Crippen molar-refractivity contribution in [2.24, 2.45) is 5.92 Å². The maximum absolute atomic E-state index is 15.1. The quantitative estimate of drug-likeness (QED) is 0.274. The Kier molecular flexibility index (Phi) is 8.28. The number of benzene rings is 3. The minimum atomic E-state index is -4.80. The lowest BCUT2D eigenvalue weighted by Crippen LogP contribution is -2.13. The normalized spacial score (nSPS) is 18.3. The standard InChI is InChI=1S/C30H26F8/c1-2-3-17-4-6-18(7-5-17)19-8-9-22(24(31)12-19)20-13-27(34)29(28(35)14-20)21-15-25(32)23(26(33)16-21)10-11-30(36,37)38/h8-18H,2-7H2,1H3. The Morgan fingerprint density at radius 2 is 1.32 bits per heavy atom. The second-order valence-electron chi connectivity index (χ2n) is 9.79. The van der Waals surface area contributed by atoms with Gasteiger partial charge in [-0.25, -0.2) is 22.0 Å². The summed E-state index contributed by atoms with van der Waals surface area (Å²) in [5.41, 5.74) is -1.60. The lowest BCUT2D eigenvalue weighted by Gasteiger charge is -2.28. The Labute approximate surface area is 216 Å². The molecule has 38 heavy (non-hydrogen) atoms. The van der Waals surface area contributed by atoms with Crippen LogP contribution in [0.2, 0.25) is 0 Å². The molecule has 0 saturated heterocycles. The van der Waals surface area contributed by atoms with Crippen LogP contribution < -0.4 is 0 Å². The summed E-state index contributed by atoms with van der Waals surface area (Å²) in [7, 11) is 0. The first-order chi connectivity index (χ1) is 18.0. The van der Waals surface area contributed by atoms with Crippen LogP contribution in [-0.2, 0) is 0 Å². The van der Waals surface area contributed by atoms with Crippen LogP contribution in [0.15, 0.2) is 48.5 Å². The van der Waals surface area contributed by atoms with E-state index in [1.165, 1.54) is 18.6 Å². The molecule has 0 unspecified atom stereocenters. The summed E-state index contributed by atoms with van der Waals surface area (Å²) in [5.74, 6) is -4.96. The highest BCUT2D eigenvalue weighted by atomic mass is 19.4. The number of allylic oxidation sites excluding steroid dienone is 1. The first-order valence-electron chi connectivity index (χ1n) is 12.5. The topological polar surface area (TPSA) is 0 Å². The van der Waals surface area contributed by atoms with Crippen molar-refractivity contribution in [3.8, 4) is 22.3 Å². The third-order valence-corrected chi connectivity index (χ3v) is 7.17. The minimum Gasteiger partial charge on any atom is -0.206 e. The molecular formula is C30H26F8. The Balaban J connectivity index is 1.60. The van der Waals surface area contributed by atoms with Gasteiger partial charge in [-0.05, 0) is 90.6 Å². The van der Waals surface area contributed by atoms with E-state index >= 15 is 4.39 Å². The number of hydrogen-bond acceptors (Lipinski definition) is 0. The maximum Gasteiger partial charge on any atom is 0.409 e. The third kappa shape index (κ3) is 6.27. The van der Waals surface area contributed by atoms with Gasteiger partial charge < -0.3 is 0 Å². The lowest BCUT2D eigenvalue weighted by atomic mass is 9.77. The van der Waals surface area contributed by atoms with Crippen LogP contribution in [0.4, 0.5) is 35.1 Å². The summed E-state index contributed by atoms with van der Waals surface area (Å²) in [6.45, 7) is 2.16. The van der Waals surface area contributed by atoms with Crippen LogP contribution in [0.5, 0.6) is 0 Å². The summed E-state index contributed by atoms with van der Waals surface area (Å²) in [6, 6.07) is 7.43. The Bertz CT molecular complexity index is 1280. The Hall–Kier alpha value is -3.16. The molecule has 3 aromatic rings. The molecule has 0 radical (unpaired) electrons. The third-order valence-electron chi connectivity index (χ3n) is 7.17. The zero-order chi connectivity index (χ0) is 27.6. The average molecular weight is 539 g/mol. The van der Waals surface area contributed by atoms with E-state index in [1.54, 1.807) is 6.07 Å². The highest BCUT2D eigenvalue weighted by Gasteiger charge is 2.25. The molecule has 0 heterocycles. The van der Waals surface area contributed by atoms with Crippen molar-refractivity contribution in [2.75, 3.05) is 0 Å². The van der Waals surface area contributed by atoms with Crippen LogP contribution in [0.1, 0.15) is 62.5 Å². The summed E-state index contributed by atoms with van der Waals surface area (Å²) in [6.07, 6.45) is 1.46. The summed E-state index contributed by atoms with van der Waals surface area (Å²) in [5, 5.41) is 0. The van der Waals surface area contributed by atoms with Crippen molar-refractivity contribution in [3.05, 3.63) is 88.8 Å². The van der Waals surface area contributed by atoms with Crippen molar-refractivity contribution in [1.29, 1.82) is 0 Å². The SMILES string of the molecule is CCCC1CCC(c2ccc(-c3cc(F)c(-c4cc(F)c(C=CC(F)(F)F)c(F)c4)c(F)c3)c(F)c2)CC1. The first-order valence-corrected chi connectivity index (χ1v) is 12.5. The van der Waals surface area contributed by atoms with E-state index in [4.69, 9.17) is 0 Å². The summed E-state index contributed by atoms with van der Waals surface area (Å²) in [4.78, 5) is 0. The fraction of sp³-hybridized carbons (Fsp3) is 0.333. The van der Waals surface area contributed by atoms with E-state index in [0.29, 0.717) is 18.1 Å². The van der Waals surface area contributed by atoms with Gasteiger partial charge in [-0.1, -0.05) is 31.9 Å². The van der Waals surface area contributed by atoms with Gasteiger partial charge in [-0.3, -0.25) is 0 Å². The molecule has 8 heteroatoms. The van der Waals surface area contributed by atoms with E-state index < -0.39 is 52.0 Å². The van der Waals surface area contributed by atoms with E-state index in [-0.39, 0.29) is 29.2 Å². The van der Waals surface area contributed by atoms with Crippen molar-refractivity contribution in [2.45, 2.75) is 57.5 Å². The van der Waals surface area contributed by atoms with Crippen molar-refractivity contribution in [3.63, 3.8) is 0 Å². The zero-order valence-electron chi connectivity index (χ0n) is 20.6. The van der Waals surface area contributed by atoms with Crippen LogP contribution in [0, 0.1) is 35.0 Å². The number of alkyl halides is 3. The molecule has 0 N–H and O–H groups in total. The summed E-state index contributed by atoms with van der Waals surface area (Å²) < 4.78 is 111. The Morgan fingerprint density at radius 3 is 1.84 bits per heavy atom. The van der Waals surface area contributed by atoms with Crippen LogP contribution in [-0.4, -0.2) is 6.18 Å². The van der Waals surface area contributed by atoms with Gasteiger partial charge in [0.05, 0.1) is 5.56 Å². The zero-order valence-corrected chi connectivity index (χ0v) is 20.6. The molecule has 0 aromatic heterocycles. The Morgan fingerprint density at radius 1 is 0.737 bits per heavy atom. The van der Waals surface area contributed by atoms with Gasteiger partial charge in [0.2, 0.25) is 0 Å². The van der Waals surface area contributed by atoms with Gasteiger partial charge >= 0.3 is 6.18 Å². The van der Waals surface area contributed by atoms with Crippen LogP contribution in [0.3, 0.4) is 0 Å². The molecule has 1 aliphatic carbocycles. The first kappa shape index (κ1) is 27.9. The molecule has 0 spiro atoms. The average Bonchev–Trinajstić information content (AvgIpc) is 2.83. The molecule has 202 valence electrons. The van der Waals surface area contributed by atoms with Crippen molar-refractivity contribution < 1.29 is 35.1 Å².